The topological polar surface area (TPSA) is 41.3 Å². The fourth-order valence-electron chi connectivity index (χ4n) is 2.71. The highest BCUT2D eigenvalue weighted by atomic mass is 19.3. The van der Waals surface area contributed by atoms with Crippen molar-refractivity contribution in [2.75, 3.05) is 32.1 Å². The van der Waals surface area contributed by atoms with E-state index in [0.717, 1.165) is 30.6 Å². The average Bonchev–Trinajstić information content (AvgIpc) is 2.44. The summed E-state index contributed by atoms with van der Waals surface area (Å²) in [6.45, 7) is 1.14. The number of alkyl halides is 2. The molecule has 0 fully saturated rings. The lowest BCUT2D eigenvalue weighted by Gasteiger charge is -2.29. The summed E-state index contributed by atoms with van der Waals surface area (Å²) in [7, 11) is 3.68. The van der Waals surface area contributed by atoms with Gasteiger partial charge in [0.1, 0.15) is 0 Å². The third-order valence-electron chi connectivity index (χ3n) is 3.72. The minimum atomic E-state index is -2.50. The molecule has 0 spiro atoms. The number of aryl methyl sites for hydroxylation is 1. The van der Waals surface area contributed by atoms with Crippen molar-refractivity contribution in [3.8, 4) is 0 Å². The lowest BCUT2D eigenvalue weighted by atomic mass is 9.92. The molecule has 2 rings (SSSR count). The van der Waals surface area contributed by atoms with Gasteiger partial charge in [0.25, 0.3) is 6.43 Å². The van der Waals surface area contributed by atoms with Crippen molar-refractivity contribution in [3.05, 3.63) is 35.0 Å². The summed E-state index contributed by atoms with van der Waals surface area (Å²) >= 11 is 0. The van der Waals surface area contributed by atoms with Crippen molar-refractivity contribution < 1.29 is 8.78 Å². The van der Waals surface area contributed by atoms with Crippen LogP contribution in [0.2, 0.25) is 0 Å². The number of anilines is 1. The Kier molecular flexibility index (Phi) is 4.60. The molecule has 1 aromatic rings. The van der Waals surface area contributed by atoms with E-state index in [2.05, 4.69) is 5.32 Å². The number of nitrogens with zero attached hydrogens (tertiary/aromatic N) is 1. The Hall–Kier alpha value is -1.62. The average molecular weight is 281 g/mol. The molecule has 20 heavy (non-hydrogen) atoms. The van der Waals surface area contributed by atoms with E-state index in [0.29, 0.717) is 11.1 Å². The Morgan fingerprint density at radius 3 is 2.85 bits per heavy atom. The maximum Gasteiger partial charge on any atom is 0.264 e. The van der Waals surface area contributed by atoms with E-state index in [9.17, 15) is 8.78 Å². The molecular weight excluding hydrogens is 260 g/mol. The lowest BCUT2D eigenvalue weighted by Crippen LogP contribution is -2.25. The first-order chi connectivity index (χ1) is 9.58. The van der Waals surface area contributed by atoms with Gasteiger partial charge in [-0.05, 0) is 41.7 Å². The van der Waals surface area contributed by atoms with Crippen LogP contribution in [-0.2, 0) is 6.42 Å². The predicted molar refractivity (Wildman–Crippen MR) is 79.1 cm³/mol. The van der Waals surface area contributed by atoms with Crippen LogP contribution in [0.4, 0.5) is 14.5 Å². The van der Waals surface area contributed by atoms with Crippen LogP contribution < -0.4 is 16.0 Å². The third kappa shape index (κ3) is 2.77. The van der Waals surface area contributed by atoms with Gasteiger partial charge in [0, 0.05) is 44.6 Å². The highest BCUT2D eigenvalue weighted by Crippen LogP contribution is 2.36. The molecule has 0 amide bonds. The number of hydrogen-bond donors (Lipinski definition) is 2. The first kappa shape index (κ1) is 14.8. The quantitative estimate of drug-likeness (QED) is 0.891. The number of halogens is 2. The smallest absolute Gasteiger partial charge is 0.264 e. The molecule has 110 valence electrons. The summed E-state index contributed by atoms with van der Waals surface area (Å²) in [6.07, 6.45) is 1.16. The van der Waals surface area contributed by atoms with Crippen molar-refractivity contribution in [2.45, 2.75) is 19.3 Å². The molecule has 0 aromatic heterocycles. The molecule has 0 radical (unpaired) electrons. The maximum absolute atomic E-state index is 13.4. The predicted octanol–water partition coefficient (Wildman–Crippen LogP) is 2.53. The second kappa shape index (κ2) is 6.22. The van der Waals surface area contributed by atoms with Gasteiger partial charge in [-0.15, -0.1) is 0 Å². The molecule has 3 nitrogen and oxygen atoms in total. The minimum Gasteiger partial charge on any atom is -0.394 e. The highest BCUT2D eigenvalue weighted by molar-refractivity contribution is 5.74. The van der Waals surface area contributed by atoms with Gasteiger partial charge < -0.3 is 16.0 Å². The molecule has 1 aliphatic rings. The number of nitrogens with two attached hydrogens (primary N) is 1. The number of fused-ring (bicyclic) bond motifs is 1. The number of hydrogen-bond acceptors (Lipinski definition) is 3. The van der Waals surface area contributed by atoms with Gasteiger partial charge in [0.05, 0.1) is 0 Å². The molecule has 0 atom stereocenters. The van der Waals surface area contributed by atoms with Crippen molar-refractivity contribution in [2.24, 2.45) is 5.73 Å². The third-order valence-corrected chi connectivity index (χ3v) is 3.72. The Balaban J connectivity index is 2.58. The summed E-state index contributed by atoms with van der Waals surface area (Å²) in [5.74, 6) is 0. The molecule has 3 N–H and O–H groups in total. The van der Waals surface area contributed by atoms with Gasteiger partial charge in [0.15, 0.2) is 0 Å². The monoisotopic (exact) mass is 281 g/mol. The van der Waals surface area contributed by atoms with Crippen LogP contribution in [0.25, 0.3) is 5.57 Å². The molecule has 0 aliphatic carbocycles. The molecule has 5 heteroatoms. The molecule has 0 saturated heterocycles. The zero-order valence-electron chi connectivity index (χ0n) is 11.9. The zero-order chi connectivity index (χ0) is 14.7. The van der Waals surface area contributed by atoms with E-state index in [1.54, 1.807) is 19.3 Å². The molecular formula is C15H21F2N3. The summed E-state index contributed by atoms with van der Waals surface area (Å²) in [4.78, 5) is 2.04. The van der Waals surface area contributed by atoms with Crippen LogP contribution >= 0.6 is 0 Å². The Morgan fingerprint density at radius 2 is 2.25 bits per heavy atom. The van der Waals surface area contributed by atoms with Gasteiger partial charge in [-0.1, -0.05) is 0 Å². The van der Waals surface area contributed by atoms with E-state index in [4.69, 9.17) is 5.73 Å². The van der Waals surface area contributed by atoms with Crippen LogP contribution in [0.5, 0.6) is 0 Å². The Morgan fingerprint density at radius 1 is 1.50 bits per heavy atom. The van der Waals surface area contributed by atoms with E-state index < -0.39 is 6.43 Å². The van der Waals surface area contributed by atoms with Crippen LogP contribution in [-0.4, -0.2) is 27.2 Å². The number of nitrogens with one attached hydrogen (secondary N) is 1. The van der Waals surface area contributed by atoms with Gasteiger partial charge in [-0.25, -0.2) is 8.78 Å². The lowest BCUT2D eigenvalue weighted by molar-refractivity contribution is 0.151. The highest BCUT2D eigenvalue weighted by Gasteiger charge is 2.22. The van der Waals surface area contributed by atoms with Gasteiger partial charge in [-0.2, -0.15) is 0 Å². The first-order valence-electron chi connectivity index (χ1n) is 6.81. The molecule has 1 aliphatic heterocycles. The fourth-order valence-corrected chi connectivity index (χ4v) is 2.71. The van der Waals surface area contributed by atoms with Crippen molar-refractivity contribution in [1.29, 1.82) is 0 Å². The maximum atomic E-state index is 13.4. The molecule has 1 heterocycles. The van der Waals surface area contributed by atoms with E-state index in [-0.39, 0.29) is 12.1 Å². The number of rotatable bonds is 4. The van der Waals surface area contributed by atoms with Gasteiger partial charge in [-0.3, -0.25) is 0 Å². The molecule has 1 aromatic carbocycles. The zero-order valence-corrected chi connectivity index (χ0v) is 11.9. The van der Waals surface area contributed by atoms with Crippen LogP contribution in [0, 0.1) is 0 Å². The molecule has 0 bridgehead atoms. The van der Waals surface area contributed by atoms with E-state index in [1.807, 2.05) is 18.0 Å². The second-order valence-corrected chi connectivity index (χ2v) is 5.06. The summed E-state index contributed by atoms with van der Waals surface area (Å²) in [6, 6.07) is 3.50. The van der Waals surface area contributed by atoms with Gasteiger partial charge in [0.2, 0.25) is 0 Å². The number of benzene rings is 1. The first-order valence-corrected chi connectivity index (χ1v) is 6.81. The van der Waals surface area contributed by atoms with Crippen molar-refractivity contribution >= 4 is 11.3 Å². The van der Waals surface area contributed by atoms with Crippen molar-refractivity contribution in [3.63, 3.8) is 0 Å². The standard InChI is InChI=1S/C15H21F2N3/c1-19-9-11(8-18)12-6-10-4-3-5-20(2)14(10)7-13(12)15(16)17/h6-7,9,15,19H,3-5,8,18H2,1-2H3/b11-9+. The summed E-state index contributed by atoms with van der Waals surface area (Å²) in [5, 5.41) is 2.87. The van der Waals surface area contributed by atoms with Crippen LogP contribution in [0.3, 0.4) is 0 Å². The van der Waals surface area contributed by atoms with Crippen LogP contribution in [0.15, 0.2) is 18.3 Å². The molecule has 0 saturated carbocycles. The van der Waals surface area contributed by atoms with Gasteiger partial charge >= 0.3 is 0 Å². The summed E-state index contributed by atoms with van der Waals surface area (Å²) < 4.78 is 26.7. The fraction of sp³-hybridized carbons (Fsp3) is 0.467. The normalized spacial score (nSPS) is 15.5. The van der Waals surface area contributed by atoms with Crippen LogP contribution in [0.1, 0.15) is 29.5 Å². The SMILES string of the molecule is CN/C=C(\CN)c1cc2c(cc1C(F)F)N(C)CCC2. The largest absolute Gasteiger partial charge is 0.394 e. The molecule has 0 unspecified atom stereocenters. The second-order valence-electron chi connectivity index (χ2n) is 5.06. The van der Waals surface area contributed by atoms with E-state index >= 15 is 0 Å². The minimum absolute atomic E-state index is 0.0597. The van der Waals surface area contributed by atoms with E-state index in [1.165, 1.54) is 0 Å². The van der Waals surface area contributed by atoms with Crippen molar-refractivity contribution in [1.82, 2.24) is 5.32 Å². The summed E-state index contributed by atoms with van der Waals surface area (Å²) in [5.41, 5.74) is 9.06. The Bertz CT molecular complexity index is 512. The Labute approximate surface area is 118 Å².